The van der Waals surface area contributed by atoms with Gasteiger partial charge in [-0.3, -0.25) is 14.5 Å². The second-order valence-electron chi connectivity index (χ2n) is 7.99. The molecule has 0 aromatic carbocycles. The van der Waals surface area contributed by atoms with Gasteiger partial charge in [0.05, 0.1) is 5.56 Å². The van der Waals surface area contributed by atoms with Gasteiger partial charge in [-0.1, -0.05) is 6.07 Å². The third kappa shape index (κ3) is 3.81. The predicted molar refractivity (Wildman–Crippen MR) is 112 cm³/mol. The van der Waals surface area contributed by atoms with Crippen LogP contribution in [0.15, 0.2) is 30.6 Å². The van der Waals surface area contributed by atoms with Gasteiger partial charge in [0.2, 0.25) is 5.91 Å². The van der Waals surface area contributed by atoms with Crippen LogP contribution < -0.4 is 9.80 Å². The van der Waals surface area contributed by atoms with Crippen molar-refractivity contribution in [1.29, 1.82) is 0 Å². The number of pyridine rings is 2. The molecular formula is C22H27N5O2. The number of carbonyl (C=O) groups excluding carboxylic acids is 2. The van der Waals surface area contributed by atoms with Gasteiger partial charge in [-0.2, -0.15) is 0 Å². The molecule has 0 N–H and O–H groups in total. The number of rotatable bonds is 3. The maximum Gasteiger partial charge on any atom is 0.255 e. The minimum atomic E-state index is -0.0157. The van der Waals surface area contributed by atoms with E-state index in [0.29, 0.717) is 30.9 Å². The lowest BCUT2D eigenvalue weighted by Gasteiger charge is -2.36. The van der Waals surface area contributed by atoms with E-state index in [1.54, 1.807) is 23.2 Å². The predicted octanol–water partition coefficient (Wildman–Crippen LogP) is 2.57. The third-order valence-electron chi connectivity index (χ3n) is 5.78. The van der Waals surface area contributed by atoms with Crippen LogP contribution in [0, 0.1) is 13.8 Å². The molecule has 29 heavy (non-hydrogen) atoms. The van der Waals surface area contributed by atoms with Gasteiger partial charge in [0, 0.05) is 51.0 Å². The molecule has 1 atom stereocenters. The average Bonchev–Trinajstić information content (AvgIpc) is 3.06. The van der Waals surface area contributed by atoms with Gasteiger partial charge >= 0.3 is 0 Å². The van der Waals surface area contributed by atoms with Crippen molar-refractivity contribution < 1.29 is 9.59 Å². The lowest BCUT2D eigenvalue weighted by Crippen LogP contribution is -2.49. The normalized spacial score (nSPS) is 19.8. The molecule has 7 nitrogen and oxygen atoms in total. The minimum absolute atomic E-state index is 0.0157. The molecule has 2 fully saturated rings. The molecule has 2 aromatic rings. The Morgan fingerprint density at radius 2 is 1.83 bits per heavy atom. The van der Waals surface area contributed by atoms with E-state index in [1.807, 2.05) is 24.9 Å². The highest BCUT2D eigenvalue weighted by Crippen LogP contribution is 2.25. The first-order valence-electron chi connectivity index (χ1n) is 10.2. The van der Waals surface area contributed by atoms with Crippen molar-refractivity contribution in [2.45, 2.75) is 39.7 Å². The molecular weight excluding hydrogens is 366 g/mol. The van der Waals surface area contributed by atoms with Crippen LogP contribution in [-0.2, 0) is 4.79 Å². The van der Waals surface area contributed by atoms with E-state index in [9.17, 15) is 9.59 Å². The first-order valence-corrected chi connectivity index (χ1v) is 10.2. The summed E-state index contributed by atoms with van der Waals surface area (Å²) in [4.78, 5) is 39.7. The summed E-state index contributed by atoms with van der Waals surface area (Å²) < 4.78 is 0. The number of piperazine rings is 1. The average molecular weight is 393 g/mol. The van der Waals surface area contributed by atoms with Crippen LogP contribution in [0.3, 0.4) is 0 Å². The van der Waals surface area contributed by atoms with Crippen molar-refractivity contribution in [3.05, 3.63) is 47.3 Å². The van der Waals surface area contributed by atoms with E-state index >= 15 is 0 Å². The molecule has 0 saturated carbocycles. The first-order chi connectivity index (χ1) is 13.9. The molecule has 2 aromatic heterocycles. The van der Waals surface area contributed by atoms with Crippen LogP contribution in [0.4, 0.5) is 11.6 Å². The largest absolute Gasteiger partial charge is 0.353 e. The lowest BCUT2D eigenvalue weighted by atomic mass is 10.2. The van der Waals surface area contributed by atoms with E-state index in [-0.39, 0.29) is 17.9 Å². The van der Waals surface area contributed by atoms with Crippen LogP contribution in [0.2, 0.25) is 0 Å². The number of aromatic nitrogens is 2. The van der Waals surface area contributed by atoms with E-state index in [2.05, 4.69) is 27.9 Å². The van der Waals surface area contributed by atoms with Gasteiger partial charge < -0.3 is 9.80 Å². The molecule has 2 amide bonds. The fourth-order valence-corrected chi connectivity index (χ4v) is 4.18. The summed E-state index contributed by atoms with van der Waals surface area (Å²) in [5.74, 6) is 1.71. The number of carbonyl (C=O) groups is 2. The monoisotopic (exact) mass is 393 g/mol. The van der Waals surface area contributed by atoms with Crippen molar-refractivity contribution >= 4 is 23.5 Å². The van der Waals surface area contributed by atoms with Gasteiger partial charge in [-0.05, 0) is 50.5 Å². The van der Waals surface area contributed by atoms with Crippen LogP contribution in [0.5, 0.6) is 0 Å². The third-order valence-corrected chi connectivity index (χ3v) is 5.78. The molecule has 1 unspecified atom stereocenters. The summed E-state index contributed by atoms with van der Waals surface area (Å²) in [5.41, 5.74) is 2.88. The Hall–Kier alpha value is -2.96. The Morgan fingerprint density at radius 1 is 1.07 bits per heavy atom. The van der Waals surface area contributed by atoms with E-state index < -0.39 is 0 Å². The molecule has 2 aliphatic heterocycles. The number of hydrogen-bond acceptors (Lipinski definition) is 5. The topological polar surface area (TPSA) is 69.6 Å². The first kappa shape index (κ1) is 19.4. The molecule has 7 heteroatoms. The molecule has 4 heterocycles. The van der Waals surface area contributed by atoms with E-state index in [4.69, 9.17) is 0 Å². The van der Waals surface area contributed by atoms with Crippen molar-refractivity contribution in [2.75, 3.05) is 36.0 Å². The Morgan fingerprint density at radius 3 is 2.41 bits per heavy atom. The quantitative estimate of drug-likeness (QED) is 0.802. The SMILES string of the molecule is Cc1cnc(N2CCN(C(=O)c3ccc(N4C(=O)CCC4C)nc3)CC2)c(C)c1. The number of amides is 2. The highest BCUT2D eigenvalue weighted by molar-refractivity contribution is 5.97. The fraction of sp³-hybridized carbons (Fsp3) is 0.455. The van der Waals surface area contributed by atoms with Gasteiger partial charge in [-0.15, -0.1) is 0 Å². The summed E-state index contributed by atoms with van der Waals surface area (Å²) in [6.45, 7) is 8.96. The number of hydrogen-bond donors (Lipinski definition) is 0. The molecule has 4 rings (SSSR count). The second kappa shape index (κ2) is 7.81. The highest BCUT2D eigenvalue weighted by Gasteiger charge is 2.30. The van der Waals surface area contributed by atoms with Gasteiger partial charge in [0.15, 0.2) is 0 Å². The molecule has 2 saturated heterocycles. The zero-order valence-electron chi connectivity index (χ0n) is 17.3. The molecule has 0 bridgehead atoms. The van der Waals surface area contributed by atoms with E-state index in [1.165, 1.54) is 0 Å². The number of aryl methyl sites for hydroxylation is 2. The molecule has 0 aliphatic carbocycles. The van der Waals surface area contributed by atoms with Crippen LogP contribution in [-0.4, -0.2) is 58.9 Å². The van der Waals surface area contributed by atoms with Crippen molar-refractivity contribution in [3.63, 3.8) is 0 Å². The second-order valence-corrected chi connectivity index (χ2v) is 7.99. The summed E-state index contributed by atoms with van der Waals surface area (Å²) in [6.07, 6.45) is 4.89. The van der Waals surface area contributed by atoms with Gasteiger partial charge in [0.25, 0.3) is 5.91 Å². The van der Waals surface area contributed by atoms with E-state index in [0.717, 1.165) is 36.5 Å². The molecule has 2 aliphatic rings. The zero-order chi connectivity index (χ0) is 20.5. The number of nitrogens with zero attached hydrogens (tertiary/aromatic N) is 5. The summed E-state index contributed by atoms with van der Waals surface area (Å²) >= 11 is 0. The van der Waals surface area contributed by atoms with Crippen LogP contribution >= 0.6 is 0 Å². The summed E-state index contributed by atoms with van der Waals surface area (Å²) in [6, 6.07) is 5.85. The van der Waals surface area contributed by atoms with Crippen molar-refractivity contribution in [2.24, 2.45) is 0 Å². The maximum absolute atomic E-state index is 12.9. The molecule has 0 spiro atoms. The Kier molecular flexibility index (Phi) is 5.22. The van der Waals surface area contributed by atoms with Crippen LogP contribution in [0.1, 0.15) is 41.3 Å². The Labute approximate surface area is 171 Å². The summed E-state index contributed by atoms with van der Waals surface area (Å²) in [5, 5.41) is 0. The smallest absolute Gasteiger partial charge is 0.255 e. The standard InChI is InChI=1S/C22H27N5O2/c1-15-12-16(2)21(24-13-15)25-8-10-26(11-9-25)22(29)18-5-6-19(23-14-18)27-17(3)4-7-20(27)28/h5-6,12-14,17H,4,7-11H2,1-3H3. The lowest BCUT2D eigenvalue weighted by molar-refractivity contribution is -0.117. The van der Waals surface area contributed by atoms with Crippen molar-refractivity contribution in [1.82, 2.24) is 14.9 Å². The van der Waals surface area contributed by atoms with Gasteiger partial charge in [0.1, 0.15) is 11.6 Å². The van der Waals surface area contributed by atoms with Gasteiger partial charge in [-0.25, -0.2) is 9.97 Å². The van der Waals surface area contributed by atoms with Crippen LogP contribution in [0.25, 0.3) is 0 Å². The maximum atomic E-state index is 12.9. The highest BCUT2D eigenvalue weighted by atomic mass is 16.2. The fourth-order valence-electron chi connectivity index (χ4n) is 4.18. The zero-order valence-corrected chi connectivity index (χ0v) is 17.3. The summed E-state index contributed by atoms with van der Waals surface area (Å²) in [7, 11) is 0. The Balaban J connectivity index is 1.40. The number of anilines is 2. The molecule has 0 radical (unpaired) electrons. The van der Waals surface area contributed by atoms with Crippen molar-refractivity contribution in [3.8, 4) is 0 Å². The Bertz CT molecular complexity index is 919. The minimum Gasteiger partial charge on any atom is -0.353 e. The molecule has 152 valence electrons.